The molecule has 28 heavy (non-hydrogen) atoms. The molecule has 2 aliphatic carbocycles. The van der Waals surface area contributed by atoms with E-state index in [1.165, 1.54) is 44.9 Å². The Balaban J connectivity index is 1.80. The third-order valence-electron chi connectivity index (χ3n) is 7.06. The van der Waals surface area contributed by atoms with Gasteiger partial charge in [0.2, 0.25) is 6.29 Å². The fraction of sp³-hybridized carbons (Fsp3) is 0.870. The molecule has 3 aliphatic rings. The van der Waals surface area contributed by atoms with E-state index >= 15 is 0 Å². The molecule has 0 saturated heterocycles. The summed E-state index contributed by atoms with van der Waals surface area (Å²) in [5.41, 5.74) is 0. The molecule has 0 radical (unpaired) electrons. The van der Waals surface area contributed by atoms with E-state index in [0.29, 0.717) is 30.2 Å². The second-order valence-corrected chi connectivity index (χ2v) is 8.83. The normalized spacial score (nSPS) is 29.4. The number of carbonyl (C=O) groups is 1. The lowest BCUT2D eigenvalue weighted by Gasteiger charge is -2.40. The first-order valence-electron chi connectivity index (χ1n) is 11.5. The molecule has 1 heterocycles. The van der Waals surface area contributed by atoms with E-state index in [2.05, 4.69) is 6.08 Å². The highest BCUT2D eigenvalue weighted by Gasteiger charge is 2.42. The van der Waals surface area contributed by atoms with Crippen LogP contribution in [0.15, 0.2) is 11.8 Å². The van der Waals surface area contributed by atoms with Crippen LogP contribution in [0, 0.1) is 17.8 Å². The van der Waals surface area contributed by atoms with Gasteiger partial charge in [0.25, 0.3) is 5.91 Å². The molecule has 0 aromatic carbocycles. The highest BCUT2D eigenvalue weighted by atomic mass is 16.7. The number of likely N-dealkylation sites (N-methyl/N-ethyl adjacent to an activating group) is 1. The van der Waals surface area contributed by atoms with Gasteiger partial charge in [-0.15, -0.1) is 0 Å². The van der Waals surface area contributed by atoms with Gasteiger partial charge in [0.05, 0.1) is 0 Å². The summed E-state index contributed by atoms with van der Waals surface area (Å²) in [6, 6.07) is 0.327. The third kappa shape index (κ3) is 5.10. The molecular weight excluding hydrogens is 354 g/mol. The van der Waals surface area contributed by atoms with Crippen LogP contribution in [0.4, 0.5) is 0 Å². The summed E-state index contributed by atoms with van der Waals surface area (Å²) in [6.45, 7) is 2.73. The van der Waals surface area contributed by atoms with Crippen molar-refractivity contribution in [1.82, 2.24) is 4.90 Å². The van der Waals surface area contributed by atoms with Crippen LogP contribution in [0.25, 0.3) is 0 Å². The van der Waals surface area contributed by atoms with E-state index in [1.54, 1.807) is 0 Å². The van der Waals surface area contributed by atoms with Crippen molar-refractivity contribution in [2.24, 2.45) is 17.8 Å². The Hall–Kier alpha value is -1.07. The molecule has 0 aromatic heterocycles. The minimum absolute atomic E-state index is 0.0141. The monoisotopic (exact) mass is 393 g/mol. The molecule has 1 amide bonds. The fourth-order valence-electron chi connectivity index (χ4n) is 5.47. The predicted molar refractivity (Wildman–Crippen MR) is 109 cm³/mol. The second kappa shape index (κ2) is 10.6. The number of nitrogens with zero attached hydrogens (tertiary/aromatic N) is 1. The molecule has 0 aromatic rings. The number of hydrogen-bond acceptors (Lipinski definition) is 4. The van der Waals surface area contributed by atoms with E-state index in [-0.39, 0.29) is 24.7 Å². The number of amides is 1. The Morgan fingerprint density at radius 2 is 1.86 bits per heavy atom. The van der Waals surface area contributed by atoms with Crippen LogP contribution in [0.5, 0.6) is 0 Å². The van der Waals surface area contributed by atoms with Crippen molar-refractivity contribution in [3.05, 3.63) is 11.8 Å². The van der Waals surface area contributed by atoms with Gasteiger partial charge in [0, 0.05) is 32.2 Å². The molecule has 2 saturated carbocycles. The van der Waals surface area contributed by atoms with Gasteiger partial charge in [-0.05, 0) is 63.4 Å². The molecule has 0 unspecified atom stereocenters. The molecule has 1 N–H and O–H groups in total. The molecule has 0 spiro atoms. The maximum Gasteiger partial charge on any atom is 0.288 e. The summed E-state index contributed by atoms with van der Waals surface area (Å²) in [5.74, 6) is 1.62. The number of ether oxygens (including phenoxy) is 2. The lowest BCUT2D eigenvalue weighted by atomic mass is 9.76. The lowest BCUT2D eigenvalue weighted by molar-refractivity contribution is -0.179. The molecule has 3 atom stereocenters. The van der Waals surface area contributed by atoms with Crippen LogP contribution in [0.3, 0.4) is 0 Å². The summed E-state index contributed by atoms with van der Waals surface area (Å²) < 4.78 is 12.1. The van der Waals surface area contributed by atoms with Crippen LogP contribution in [0.1, 0.15) is 77.6 Å². The number of carbonyl (C=O) groups excluding carboxylic acids is 1. The topological polar surface area (TPSA) is 59.0 Å². The van der Waals surface area contributed by atoms with Gasteiger partial charge >= 0.3 is 0 Å². The second-order valence-electron chi connectivity index (χ2n) is 8.83. The maximum absolute atomic E-state index is 13.3. The zero-order chi connectivity index (χ0) is 19.9. The summed E-state index contributed by atoms with van der Waals surface area (Å²) in [5, 5.41) is 9.36. The van der Waals surface area contributed by atoms with E-state index in [4.69, 9.17) is 9.47 Å². The summed E-state index contributed by atoms with van der Waals surface area (Å²) >= 11 is 0. The molecule has 160 valence electrons. The van der Waals surface area contributed by atoms with Gasteiger partial charge in [-0.2, -0.15) is 0 Å². The standard InChI is InChI=1S/C23H39NO4/c1-3-27-23-19(14-9-15-25)20(17-10-7-8-11-17)16-21(28-23)22(26)24(2)18-12-5-4-6-13-18/h16-20,23,25H,3-15H2,1-2H3/t19-,20-,23-/m0/s1. The van der Waals surface area contributed by atoms with Crippen molar-refractivity contribution in [2.45, 2.75) is 89.9 Å². The highest BCUT2D eigenvalue weighted by molar-refractivity contribution is 5.91. The van der Waals surface area contributed by atoms with E-state index in [1.807, 2.05) is 18.9 Å². The first-order chi connectivity index (χ1) is 13.7. The minimum atomic E-state index is -0.383. The summed E-state index contributed by atoms with van der Waals surface area (Å²) in [4.78, 5) is 15.2. The van der Waals surface area contributed by atoms with Gasteiger partial charge in [0.1, 0.15) is 0 Å². The van der Waals surface area contributed by atoms with Crippen molar-refractivity contribution in [1.29, 1.82) is 0 Å². The van der Waals surface area contributed by atoms with Crippen LogP contribution >= 0.6 is 0 Å². The molecule has 0 bridgehead atoms. The molecule has 5 heteroatoms. The largest absolute Gasteiger partial charge is 0.459 e. The Bertz CT molecular complexity index is 523. The first-order valence-corrected chi connectivity index (χ1v) is 11.5. The maximum atomic E-state index is 13.3. The molecule has 2 fully saturated rings. The average molecular weight is 394 g/mol. The number of rotatable bonds is 8. The summed E-state index contributed by atoms with van der Waals surface area (Å²) in [6.07, 6.45) is 14.2. The number of allylic oxidation sites excluding steroid dienone is 1. The zero-order valence-corrected chi connectivity index (χ0v) is 17.8. The molecule has 1 aliphatic heterocycles. The average Bonchev–Trinajstić information content (AvgIpc) is 3.27. The number of hydrogen-bond donors (Lipinski definition) is 1. The van der Waals surface area contributed by atoms with Gasteiger partial charge < -0.3 is 19.5 Å². The molecule has 3 rings (SSSR count). The van der Waals surface area contributed by atoms with Crippen LogP contribution in [-0.4, -0.2) is 48.5 Å². The first kappa shape index (κ1) is 21.6. The number of aliphatic hydroxyl groups excluding tert-OH is 1. The Labute approximate surface area is 170 Å². The SMILES string of the molecule is CCO[C@H]1OC(C(=O)N(C)C2CCCCC2)=C[C@@H](C2CCCC2)[C@@H]1CCCO. The highest BCUT2D eigenvalue weighted by Crippen LogP contribution is 2.43. The van der Waals surface area contributed by atoms with Crippen LogP contribution in [0.2, 0.25) is 0 Å². The van der Waals surface area contributed by atoms with Crippen molar-refractivity contribution in [3.63, 3.8) is 0 Å². The van der Waals surface area contributed by atoms with Crippen molar-refractivity contribution in [3.8, 4) is 0 Å². The minimum Gasteiger partial charge on any atom is -0.459 e. The van der Waals surface area contributed by atoms with Crippen molar-refractivity contribution in [2.75, 3.05) is 20.3 Å². The van der Waals surface area contributed by atoms with Crippen molar-refractivity contribution < 1.29 is 19.4 Å². The molecular formula is C23H39NO4. The lowest BCUT2D eigenvalue weighted by Crippen LogP contribution is -2.44. The van der Waals surface area contributed by atoms with Gasteiger partial charge in [-0.1, -0.05) is 32.1 Å². The Morgan fingerprint density at radius 3 is 2.50 bits per heavy atom. The predicted octanol–water partition coefficient (Wildman–Crippen LogP) is 4.25. The van der Waals surface area contributed by atoms with E-state index in [9.17, 15) is 9.90 Å². The quantitative estimate of drug-likeness (QED) is 0.670. The van der Waals surface area contributed by atoms with Gasteiger partial charge in [-0.25, -0.2) is 0 Å². The number of aliphatic hydroxyl groups is 1. The van der Waals surface area contributed by atoms with Gasteiger partial charge in [0.15, 0.2) is 5.76 Å². The van der Waals surface area contributed by atoms with Crippen molar-refractivity contribution >= 4 is 5.91 Å². The molecule has 5 nitrogen and oxygen atoms in total. The smallest absolute Gasteiger partial charge is 0.288 e. The summed E-state index contributed by atoms with van der Waals surface area (Å²) in [7, 11) is 1.93. The van der Waals surface area contributed by atoms with E-state index in [0.717, 1.165) is 25.7 Å². The zero-order valence-electron chi connectivity index (χ0n) is 17.8. The van der Waals surface area contributed by atoms with Gasteiger partial charge in [-0.3, -0.25) is 4.79 Å². The van der Waals surface area contributed by atoms with Crippen LogP contribution in [-0.2, 0) is 14.3 Å². The fourth-order valence-corrected chi connectivity index (χ4v) is 5.47. The Kier molecular flexibility index (Phi) is 8.22. The Morgan fingerprint density at radius 1 is 1.18 bits per heavy atom. The van der Waals surface area contributed by atoms with Crippen LogP contribution < -0.4 is 0 Å². The third-order valence-corrected chi connectivity index (χ3v) is 7.06. The van der Waals surface area contributed by atoms with E-state index < -0.39 is 0 Å².